The summed E-state index contributed by atoms with van der Waals surface area (Å²) in [7, 11) is 1.99. The molecule has 0 spiro atoms. The lowest BCUT2D eigenvalue weighted by atomic mass is 9.97. The average Bonchev–Trinajstić information content (AvgIpc) is 3.05. The van der Waals surface area contributed by atoms with Gasteiger partial charge >= 0.3 is 0 Å². The molecule has 0 radical (unpaired) electrons. The predicted molar refractivity (Wildman–Crippen MR) is 83.1 cm³/mol. The van der Waals surface area contributed by atoms with Crippen LogP contribution in [0.15, 0.2) is 18.7 Å². The molecule has 1 aliphatic rings. The van der Waals surface area contributed by atoms with Gasteiger partial charge in [-0.25, -0.2) is 4.98 Å². The maximum Gasteiger partial charge on any atom is 0.0951 e. The van der Waals surface area contributed by atoms with E-state index < -0.39 is 0 Å². The zero-order valence-electron chi connectivity index (χ0n) is 13.2. The van der Waals surface area contributed by atoms with E-state index in [0.717, 1.165) is 13.0 Å². The third kappa shape index (κ3) is 3.02. The van der Waals surface area contributed by atoms with Gasteiger partial charge in [0.1, 0.15) is 0 Å². The maximum atomic E-state index is 4.53. The van der Waals surface area contributed by atoms with Gasteiger partial charge in [0.2, 0.25) is 0 Å². The zero-order valence-corrected chi connectivity index (χ0v) is 13.2. The van der Waals surface area contributed by atoms with E-state index in [1.54, 1.807) is 0 Å². The Morgan fingerprint density at radius 1 is 1.38 bits per heavy atom. The molecule has 114 valence electrons. The van der Waals surface area contributed by atoms with Gasteiger partial charge in [0.05, 0.1) is 24.3 Å². The number of hydrogen-bond donors (Lipinski definition) is 1. The van der Waals surface area contributed by atoms with Crippen LogP contribution >= 0.6 is 0 Å². The van der Waals surface area contributed by atoms with Crippen molar-refractivity contribution in [1.29, 1.82) is 0 Å². The van der Waals surface area contributed by atoms with E-state index >= 15 is 0 Å². The summed E-state index contributed by atoms with van der Waals surface area (Å²) in [5.41, 5.74) is 3.78. The van der Waals surface area contributed by atoms with Crippen molar-refractivity contribution in [1.82, 2.24) is 24.6 Å². The second kappa shape index (κ2) is 6.02. The molecular formula is C16H25N5. The first-order chi connectivity index (χ1) is 10.2. The third-order valence-corrected chi connectivity index (χ3v) is 4.38. The van der Waals surface area contributed by atoms with Crippen LogP contribution < -0.4 is 5.32 Å². The summed E-state index contributed by atoms with van der Waals surface area (Å²) in [6.07, 6.45) is 10.8. The van der Waals surface area contributed by atoms with Crippen LogP contribution in [0.25, 0.3) is 0 Å². The van der Waals surface area contributed by atoms with E-state index in [0.29, 0.717) is 12.1 Å². The highest BCUT2D eigenvalue weighted by Crippen LogP contribution is 2.26. The van der Waals surface area contributed by atoms with E-state index in [-0.39, 0.29) is 0 Å². The Balaban J connectivity index is 1.82. The van der Waals surface area contributed by atoms with Gasteiger partial charge in [0.15, 0.2) is 0 Å². The van der Waals surface area contributed by atoms with Crippen molar-refractivity contribution in [2.45, 2.75) is 58.2 Å². The molecule has 5 heteroatoms. The van der Waals surface area contributed by atoms with Crippen molar-refractivity contribution >= 4 is 0 Å². The molecule has 0 saturated carbocycles. The lowest BCUT2D eigenvalue weighted by Gasteiger charge is -2.29. The number of aromatic nitrogens is 4. The van der Waals surface area contributed by atoms with Gasteiger partial charge in [0.25, 0.3) is 0 Å². The lowest BCUT2D eigenvalue weighted by Crippen LogP contribution is -2.35. The van der Waals surface area contributed by atoms with Crippen molar-refractivity contribution in [2.75, 3.05) is 0 Å². The van der Waals surface area contributed by atoms with Crippen LogP contribution in [0, 0.1) is 0 Å². The topological polar surface area (TPSA) is 47.7 Å². The lowest BCUT2D eigenvalue weighted by molar-refractivity contribution is 0.330. The fourth-order valence-corrected chi connectivity index (χ4v) is 3.32. The van der Waals surface area contributed by atoms with E-state index in [9.17, 15) is 0 Å². The van der Waals surface area contributed by atoms with Crippen LogP contribution in [0.3, 0.4) is 0 Å². The first-order valence-corrected chi connectivity index (χ1v) is 7.94. The van der Waals surface area contributed by atoms with Crippen molar-refractivity contribution in [2.24, 2.45) is 7.05 Å². The predicted octanol–water partition coefficient (Wildman–Crippen LogP) is 2.43. The minimum absolute atomic E-state index is 0.429. The molecule has 1 N–H and O–H groups in total. The molecule has 0 bridgehead atoms. The molecule has 2 unspecified atom stereocenters. The molecule has 21 heavy (non-hydrogen) atoms. The summed E-state index contributed by atoms with van der Waals surface area (Å²) in [5, 5.41) is 8.23. The zero-order chi connectivity index (χ0) is 14.8. The first kappa shape index (κ1) is 14.3. The molecule has 2 aromatic rings. The minimum atomic E-state index is 0.429. The number of imidazole rings is 1. The van der Waals surface area contributed by atoms with Gasteiger partial charge in [0, 0.05) is 37.1 Å². The van der Waals surface area contributed by atoms with Crippen molar-refractivity contribution < 1.29 is 0 Å². The van der Waals surface area contributed by atoms with Gasteiger partial charge in [-0.2, -0.15) is 5.10 Å². The van der Waals surface area contributed by atoms with Gasteiger partial charge in [-0.05, 0) is 32.6 Å². The quantitative estimate of drug-likeness (QED) is 0.939. The van der Waals surface area contributed by atoms with Crippen molar-refractivity contribution in [3.8, 4) is 0 Å². The maximum absolute atomic E-state index is 4.53. The van der Waals surface area contributed by atoms with E-state index in [2.05, 4.69) is 40.0 Å². The number of rotatable bonds is 4. The highest BCUT2D eigenvalue weighted by Gasteiger charge is 2.22. The molecule has 3 heterocycles. The van der Waals surface area contributed by atoms with Crippen LogP contribution in [0.5, 0.6) is 0 Å². The summed E-state index contributed by atoms with van der Waals surface area (Å²) < 4.78 is 4.18. The third-order valence-electron chi connectivity index (χ3n) is 4.38. The van der Waals surface area contributed by atoms with E-state index in [4.69, 9.17) is 0 Å². The largest absolute Gasteiger partial charge is 0.329 e. The van der Waals surface area contributed by atoms with Crippen molar-refractivity contribution in [3.05, 3.63) is 35.7 Å². The summed E-state index contributed by atoms with van der Waals surface area (Å²) in [5.74, 6) is 0. The second-order valence-corrected chi connectivity index (χ2v) is 6.13. The summed E-state index contributed by atoms with van der Waals surface area (Å²) in [4.78, 5) is 4.38. The fraction of sp³-hybridized carbons (Fsp3) is 0.625. The fourth-order valence-electron chi connectivity index (χ4n) is 3.32. The van der Waals surface area contributed by atoms with Crippen LogP contribution in [0.4, 0.5) is 0 Å². The SMILES string of the molecule is CCc1nn(C)cc1Cn1cncc1C1CCCC(C)N1. The first-order valence-electron chi connectivity index (χ1n) is 7.94. The molecule has 0 aliphatic carbocycles. The number of piperidine rings is 1. The molecule has 3 rings (SSSR count). The number of nitrogens with one attached hydrogen (secondary N) is 1. The number of hydrogen-bond acceptors (Lipinski definition) is 3. The van der Waals surface area contributed by atoms with Gasteiger partial charge in [-0.15, -0.1) is 0 Å². The molecule has 2 aromatic heterocycles. The van der Waals surface area contributed by atoms with E-state index in [1.165, 1.54) is 36.2 Å². The van der Waals surface area contributed by atoms with Crippen LogP contribution in [0.2, 0.25) is 0 Å². The summed E-state index contributed by atoms with van der Waals surface area (Å²) in [6, 6.07) is 1.02. The molecule has 0 aromatic carbocycles. The van der Waals surface area contributed by atoms with Crippen LogP contribution in [-0.4, -0.2) is 25.4 Å². The van der Waals surface area contributed by atoms with E-state index in [1.807, 2.05) is 24.3 Å². The molecule has 1 aliphatic heterocycles. The molecular weight excluding hydrogens is 262 g/mol. The molecule has 1 saturated heterocycles. The standard InChI is InChI=1S/C16H25N5/c1-4-14-13(9-20(3)19-14)10-21-11-17-8-16(21)15-7-5-6-12(2)18-15/h8-9,11-12,15,18H,4-7,10H2,1-3H3. The van der Waals surface area contributed by atoms with Gasteiger partial charge in [-0.3, -0.25) is 4.68 Å². The highest BCUT2D eigenvalue weighted by atomic mass is 15.3. The molecule has 0 amide bonds. The van der Waals surface area contributed by atoms with Crippen molar-refractivity contribution in [3.63, 3.8) is 0 Å². The van der Waals surface area contributed by atoms with Gasteiger partial charge in [-0.1, -0.05) is 6.92 Å². The Morgan fingerprint density at radius 2 is 2.24 bits per heavy atom. The summed E-state index contributed by atoms with van der Waals surface area (Å²) in [6.45, 7) is 5.28. The Kier molecular flexibility index (Phi) is 4.10. The van der Waals surface area contributed by atoms with Gasteiger partial charge < -0.3 is 9.88 Å². The second-order valence-electron chi connectivity index (χ2n) is 6.13. The normalized spacial score (nSPS) is 22.6. The summed E-state index contributed by atoms with van der Waals surface area (Å²) >= 11 is 0. The molecule has 2 atom stereocenters. The average molecular weight is 287 g/mol. The Bertz CT molecular complexity index is 598. The number of aryl methyl sites for hydroxylation is 2. The smallest absolute Gasteiger partial charge is 0.0951 e. The molecule has 1 fully saturated rings. The monoisotopic (exact) mass is 287 g/mol. The highest BCUT2D eigenvalue weighted by molar-refractivity contribution is 5.19. The minimum Gasteiger partial charge on any atom is -0.329 e. The van der Waals surface area contributed by atoms with Crippen LogP contribution in [-0.2, 0) is 20.0 Å². The Morgan fingerprint density at radius 3 is 3.00 bits per heavy atom. The molecule has 5 nitrogen and oxygen atoms in total. The van der Waals surface area contributed by atoms with Crippen LogP contribution in [0.1, 0.15) is 56.1 Å². The Labute approximate surface area is 126 Å². The number of nitrogens with zero attached hydrogens (tertiary/aromatic N) is 4. The Hall–Kier alpha value is -1.62.